The Balaban J connectivity index is 1.81. The summed E-state index contributed by atoms with van der Waals surface area (Å²) in [5.41, 5.74) is 1.31. The number of benzene rings is 1. The van der Waals surface area contributed by atoms with Crippen LogP contribution in [0, 0.1) is 5.82 Å². The Morgan fingerprint density at radius 2 is 2.07 bits per heavy atom. The van der Waals surface area contributed by atoms with Crippen LogP contribution in [0.3, 0.4) is 0 Å². The Morgan fingerprint density at radius 1 is 1.25 bits per heavy atom. The number of aromatic nitrogens is 1. The fourth-order valence-corrected chi connectivity index (χ4v) is 3.45. The summed E-state index contributed by atoms with van der Waals surface area (Å²) in [7, 11) is 1.21. The van der Waals surface area contributed by atoms with Gasteiger partial charge in [0.25, 0.3) is 11.1 Å². The smallest absolute Gasteiger partial charge is 0.337 e. The maximum absolute atomic E-state index is 14.0. The van der Waals surface area contributed by atoms with E-state index in [4.69, 9.17) is 4.42 Å². The second kappa shape index (κ2) is 6.93. The van der Waals surface area contributed by atoms with Crippen LogP contribution >= 0.6 is 11.8 Å². The number of methoxy groups -OCH3 is 1. The Morgan fingerprint density at radius 3 is 2.79 bits per heavy atom. The molecule has 140 valence electrons. The molecule has 28 heavy (non-hydrogen) atoms. The van der Waals surface area contributed by atoms with Crippen LogP contribution in [0.15, 0.2) is 46.0 Å². The van der Waals surface area contributed by atoms with E-state index in [0.717, 1.165) is 17.8 Å². The van der Waals surface area contributed by atoms with Crippen molar-refractivity contribution in [2.45, 2.75) is 0 Å². The van der Waals surface area contributed by atoms with Gasteiger partial charge >= 0.3 is 5.97 Å². The zero-order valence-electron chi connectivity index (χ0n) is 14.3. The van der Waals surface area contributed by atoms with Crippen molar-refractivity contribution in [3.63, 3.8) is 0 Å². The van der Waals surface area contributed by atoms with Crippen LogP contribution in [0.25, 0.3) is 28.2 Å². The van der Waals surface area contributed by atoms with E-state index >= 15 is 0 Å². The molecule has 0 radical (unpaired) electrons. The number of nitrogens with one attached hydrogen (secondary N) is 1. The van der Waals surface area contributed by atoms with Gasteiger partial charge < -0.3 is 9.15 Å². The molecule has 1 saturated heterocycles. The lowest BCUT2D eigenvalue weighted by atomic mass is 10.0. The maximum atomic E-state index is 14.0. The number of fused-ring (bicyclic) bond motifs is 1. The molecule has 1 fully saturated rings. The van der Waals surface area contributed by atoms with E-state index in [9.17, 15) is 18.8 Å². The number of carbonyl (C=O) groups excluding carboxylic acids is 3. The van der Waals surface area contributed by atoms with Gasteiger partial charge in [-0.1, -0.05) is 0 Å². The van der Waals surface area contributed by atoms with E-state index in [-0.39, 0.29) is 10.5 Å². The molecule has 2 aromatic heterocycles. The number of hydrogen-bond donors (Lipinski definition) is 1. The first kappa shape index (κ1) is 17.9. The highest BCUT2D eigenvalue weighted by Crippen LogP contribution is 2.33. The van der Waals surface area contributed by atoms with E-state index in [2.05, 4.69) is 15.0 Å². The Hall–Kier alpha value is -3.46. The predicted octanol–water partition coefficient (Wildman–Crippen LogP) is 3.74. The first-order chi connectivity index (χ1) is 13.4. The van der Waals surface area contributed by atoms with Crippen LogP contribution < -0.4 is 5.32 Å². The summed E-state index contributed by atoms with van der Waals surface area (Å²) in [5, 5.41) is 2.32. The minimum absolute atomic E-state index is 0.0564. The summed E-state index contributed by atoms with van der Waals surface area (Å²) in [6, 6.07) is 5.46. The van der Waals surface area contributed by atoms with Crippen LogP contribution in [0.5, 0.6) is 0 Å². The lowest BCUT2D eigenvalue weighted by Gasteiger charge is -2.05. The average molecular weight is 398 g/mol. The minimum Gasteiger partial charge on any atom is -0.465 e. The van der Waals surface area contributed by atoms with Crippen LogP contribution in [0.4, 0.5) is 9.18 Å². The number of hydrogen-bond acceptors (Lipinski definition) is 7. The number of rotatable bonds is 3. The van der Waals surface area contributed by atoms with Crippen molar-refractivity contribution >= 4 is 45.9 Å². The first-order valence-electron chi connectivity index (χ1n) is 7.96. The van der Waals surface area contributed by atoms with E-state index in [1.165, 1.54) is 31.5 Å². The number of halogens is 1. The van der Waals surface area contributed by atoms with Gasteiger partial charge in [0, 0.05) is 29.4 Å². The van der Waals surface area contributed by atoms with Crippen molar-refractivity contribution in [3.8, 4) is 11.1 Å². The number of carbonyl (C=O) groups is 3. The van der Waals surface area contributed by atoms with E-state index in [0.29, 0.717) is 27.9 Å². The SMILES string of the molecule is COC(=O)c1cc(F)cc(-c2cncc3cc(C=C4SC(=O)NC4=O)oc23)c1. The Labute approximate surface area is 161 Å². The molecule has 1 aliphatic heterocycles. The third-order valence-corrected chi connectivity index (χ3v) is 4.80. The second-order valence-corrected chi connectivity index (χ2v) is 6.84. The second-order valence-electron chi connectivity index (χ2n) is 5.83. The van der Waals surface area contributed by atoms with Gasteiger partial charge in [0.2, 0.25) is 0 Å². The van der Waals surface area contributed by atoms with Crippen molar-refractivity contribution in [2.75, 3.05) is 7.11 Å². The van der Waals surface area contributed by atoms with Crippen molar-refractivity contribution < 1.29 is 27.9 Å². The van der Waals surface area contributed by atoms with Crippen molar-refractivity contribution in [2.24, 2.45) is 0 Å². The van der Waals surface area contributed by atoms with E-state index in [1.807, 2.05) is 0 Å². The van der Waals surface area contributed by atoms with Crippen molar-refractivity contribution in [1.82, 2.24) is 10.3 Å². The summed E-state index contributed by atoms with van der Waals surface area (Å²) in [4.78, 5) is 39.1. The number of nitrogens with zero attached hydrogens (tertiary/aromatic N) is 1. The van der Waals surface area contributed by atoms with Gasteiger partial charge in [-0.25, -0.2) is 9.18 Å². The highest BCUT2D eigenvalue weighted by Gasteiger charge is 2.25. The fraction of sp³-hybridized carbons (Fsp3) is 0.0526. The molecule has 1 aliphatic rings. The van der Waals surface area contributed by atoms with Gasteiger partial charge in [-0.3, -0.25) is 19.9 Å². The maximum Gasteiger partial charge on any atom is 0.337 e. The van der Waals surface area contributed by atoms with Gasteiger partial charge in [0.1, 0.15) is 17.2 Å². The molecular formula is C19H11FN2O5S. The monoisotopic (exact) mass is 398 g/mol. The van der Waals surface area contributed by atoms with Crippen molar-refractivity contribution in [1.29, 1.82) is 0 Å². The lowest BCUT2D eigenvalue weighted by molar-refractivity contribution is -0.115. The van der Waals surface area contributed by atoms with Crippen LogP contribution in [-0.4, -0.2) is 29.2 Å². The molecule has 1 N–H and O–H groups in total. The number of ether oxygens (including phenoxy) is 1. The highest BCUT2D eigenvalue weighted by molar-refractivity contribution is 8.18. The molecular weight excluding hydrogens is 387 g/mol. The van der Waals surface area contributed by atoms with Gasteiger partial charge in [-0.05, 0) is 41.6 Å². The number of amides is 2. The highest BCUT2D eigenvalue weighted by atomic mass is 32.2. The number of imide groups is 1. The average Bonchev–Trinajstić information content (AvgIpc) is 3.22. The molecule has 3 aromatic rings. The molecule has 4 rings (SSSR count). The normalized spacial score (nSPS) is 15.3. The van der Waals surface area contributed by atoms with Gasteiger partial charge in [0.05, 0.1) is 17.6 Å². The summed E-state index contributed by atoms with van der Waals surface area (Å²) >= 11 is 0.774. The Bertz CT molecular complexity index is 1180. The van der Waals surface area contributed by atoms with Gasteiger partial charge in [0.15, 0.2) is 0 Å². The Kier molecular flexibility index (Phi) is 4.44. The molecule has 0 bridgehead atoms. The number of pyridine rings is 1. The van der Waals surface area contributed by atoms with Gasteiger partial charge in [-0.15, -0.1) is 0 Å². The molecule has 2 amide bonds. The lowest BCUT2D eigenvalue weighted by Crippen LogP contribution is -2.17. The quantitative estimate of drug-likeness (QED) is 0.530. The summed E-state index contributed by atoms with van der Waals surface area (Å²) < 4.78 is 24.5. The summed E-state index contributed by atoms with van der Waals surface area (Å²) in [6.07, 6.45) is 4.48. The number of esters is 1. The zero-order chi connectivity index (χ0) is 19.8. The van der Waals surface area contributed by atoms with Crippen LogP contribution in [-0.2, 0) is 9.53 Å². The number of furan rings is 1. The summed E-state index contributed by atoms with van der Waals surface area (Å²) in [6.45, 7) is 0. The molecule has 0 spiro atoms. The predicted molar refractivity (Wildman–Crippen MR) is 99.8 cm³/mol. The van der Waals surface area contributed by atoms with Crippen LogP contribution in [0.2, 0.25) is 0 Å². The molecule has 0 saturated carbocycles. The van der Waals surface area contributed by atoms with E-state index in [1.54, 1.807) is 12.3 Å². The number of thioether (sulfide) groups is 1. The minimum atomic E-state index is -0.667. The molecule has 0 atom stereocenters. The summed E-state index contributed by atoms with van der Waals surface area (Å²) in [5.74, 6) is -1.44. The molecule has 7 nitrogen and oxygen atoms in total. The molecule has 1 aromatic carbocycles. The molecule has 3 heterocycles. The largest absolute Gasteiger partial charge is 0.465 e. The van der Waals surface area contributed by atoms with Crippen molar-refractivity contribution in [3.05, 3.63) is 58.7 Å². The fourth-order valence-electron chi connectivity index (χ4n) is 2.79. The molecule has 0 aliphatic carbocycles. The third-order valence-electron chi connectivity index (χ3n) is 3.99. The zero-order valence-corrected chi connectivity index (χ0v) is 15.1. The van der Waals surface area contributed by atoms with Crippen LogP contribution in [0.1, 0.15) is 16.1 Å². The van der Waals surface area contributed by atoms with Gasteiger partial charge in [-0.2, -0.15) is 0 Å². The molecule has 9 heteroatoms. The standard InChI is InChI=1S/C19H11FN2O5S/c1-26-18(24)10-2-9(3-12(20)4-10)14-8-21-7-11-5-13(27-16(11)14)6-15-17(23)22-19(25)28-15/h2-8H,1H3,(H,22,23,25). The topological polar surface area (TPSA) is 98.5 Å². The third kappa shape index (κ3) is 3.27. The molecule has 0 unspecified atom stereocenters. The first-order valence-corrected chi connectivity index (χ1v) is 8.78. The van der Waals surface area contributed by atoms with E-state index < -0.39 is 22.9 Å².